The van der Waals surface area contributed by atoms with Crippen molar-refractivity contribution in [2.75, 3.05) is 6.26 Å². The van der Waals surface area contributed by atoms with E-state index in [9.17, 15) is 21.2 Å². The van der Waals surface area contributed by atoms with Gasteiger partial charge in [-0.1, -0.05) is 6.07 Å². The van der Waals surface area contributed by atoms with E-state index in [1.54, 1.807) is 0 Å². The second-order valence-electron chi connectivity index (χ2n) is 3.17. The molecular formula is C8H8ClFO4S2. The van der Waals surface area contributed by atoms with E-state index in [1.807, 2.05) is 0 Å². The predicted octanol–water partition coefficient (Wildman–Crippen LogP) is 1.30. The lowest BCUT2D eigenvalue weighted by Crippen LogP contribution is -2.07. The quantitative estimate of drug-likeness (QED) is 0.786. The highest BCUT2D eigenvalue weighted by Gasteiger charge is 2.20. The van der Waals surface area contributed by atoms with Gasteiger partial charge in [0, 0.05) is 22.5 Å². The first-order valence-corrected chi connectivity index (χ1v) is 8.38. The molecule has 1 aromatic rings. The summed E-state index contributed by atoms with van der Waals surface area (Å²) in [5, 5.41) is 0. The van der Waals surface area contributed by atoms with Gasteiger partial charge in [-0.2, -0.15) is 0 Å². The minimum atomic E-state index is -4.01. The average molecular weight is 287 g/mol. The van der Waals surface area contributed by atoms with E-state index in [0.29, 0.717) is 0 Å². The highest BCUT2D eigenvalue weighted by Crippen LogP contribution is 2.22. The summed E-state index contributed by atoms with van der Waals surface area (Å²) in [5.41, 5.74) is -0.431. The van der Waals surface area contributed by atoms with Gasteiger partial charge in [0.2, 0.25) is 9.05 Å². The summed E-state index contributed by atoms with van der Waals surface area (Å²) < 4.78 is 57.6. The topological polar surface area (TPSA) is 68.3 Å². The van der Waals surface area contributed by atoms with Gasteiger partial charge < -0.3 is 0 Å². The van der Waals surface area contributed by atoms with Crippen molar-refractivity contribution >= 4 is 29.6 Å². The van der Waals surface area contributed by atoms with Crippen LogP contribution in [-0.4, -0.2) is 23.1 Å². The van der Waals surface area contributed by atoms with Crippen molar-refractivity contribution in [2.24, 2.45) is 0 Å². The van der Waals surface area contributed by atoms with E-state index >= 15 is 0 Å². The zero-order valence-corrected chi connectivity index (χ0v) is 10.5. The number of sulfone groups is 1. The molecule has 0 unspecified atom stereocenters. The van der Waals surface area contributed by atoms with Crippen LogP contribution in [0.25, 0.3) is 0 Å². The molecule has 0 bridgehead atoms. The monoisotopic (exact) mass is 286 g/mol. The van der Waals surface area contributed by atoms with Crippen LogP contribution in [0.3, 0.4) is 0 Å². The fourth-order valence-corrected chi connectivity index (χ4v) is 3.20. The van der Waals surface area contributed by atoms with Crippen LogP contribution in [0.4, 0.5) is 4.39 Å². The smallest absolute Gasteiger partial charge is 0.224 e. The van der Waals surface area contributed by atoms with Gasteiger partial charge in [-0.05, 0) is 12.1 Å². The lowest BCUT2D eigenvalue weighted by Gasteiger charge is -2.06. The molecule has 0 aromatic heterocycles. The molecule has 0 spiro atoms. The van der Waals surface area contributed by atoms with Crippen LogP contribution >= 0.6 is 10.7 Å². The van der Waals surface area contributed by atoms with E-state index in [0.717, 1.165) is 18.4 Å². The van der Waals surface area contributed by atoms with E-state index in [2.05, 4.69) is 0 Å². The molecule has 0 radical (unpaired) electrons. The molecule has 0 aliphatic rings. The van der Waals surface area contributed by atoms with Gasteiger partial charge in [0.25, 0.3) is 0 Å². The SMILES string of the molecule is CS(=O)(=O)c1cccc(F)c1CS(=O)(=O)Cl. The zero-order valence-electron chi connectivity index (χ0n) is 8.14. The van der Waals surface area contributed by atoms with Gasteiger partial charge >= 0.3 is 0 Å². The van der Waals surface area contributed by atoms with Crippen molar-refractivity contribution in [1.82, 2.24) is 0 Å². The summed E-state index contributed by atoms with van der Waals surface area (Å²) in [6, 6.07) is 3.30. The molecule has 0 saturated heterocycles. The Hall–Kier alpha value is -0.660. The van der Waals surface area contributed by atoms with E-state index in [-0.39, 0.29) is 4.90 Å². The standard InChI is InChI=1S/C8H8ClFO4S2/c1-15(11,12)8-4-2-3-7(10)6(8)5-16(9,13)14/h2-4H,5H2,1H3. The fraction of sp³-hybridized carbons (Fsp3) is 0.250. The van der Waals surface area contributed by atoms with Crippen LogP contribution in [0, 0.1) is 5.82 Å². The van der Waals surface area contributed by atoms with Crippen LogP contribution in [0.5, 0.6) is 0 Å². The van der Waals surface area contributed by atoms with Gasteiger partial charge in [0.15, 0.2) is 9.84 Å². The summed E-state index contributed by atoms with van der Waals surface area (Å²) in [6.45, 7) is 0. The van der Waals surface area contributed by atoms with Crippen molar-refractivity contribution in [3.8, 4) is 0 Å². The average Bonchev–Trinajstić information content (AvgIpc) is 2.04. The van der Waals surface area contributed by atoms with Crippen LogP contribution in [-0.2, 0) is 24.6 Å². The van der Waals surface area contributed by atoms with Crippen LogP contribution in [0.2, 0.25) is 0 Å². The summed E-state index contributed by atoms with van der Waals surface area (Å²) in [6.07, 6.45) is 0.867. The lowest BCUT2D eigenvalue weighted by molar-refractivity contribution is 0.585. The second-order valence-corrected chi connectivity index (χ2v) is 7.93. The Balaban J connectivity index is 3.48. The van der Waals surface area contributed by atoms with E-state index in [1.165, 1.54) is 6.07 Å². The largest absolute Gasteiger partial charge is 0.236 e. The summed E-state index contributed by atoms with van der Waals surface area (Å²) in [5.74, 6) is -1.77. The maximum absolute atomic E-state index is 13.3. The van der Waals surface area contributed by atoms with Crippen LogP contribution in [0.1, 0.15) is 5.56 Å². The summed E-state index contributed by atoms with van der Waals surface area (Å²) in [4.78, 5) is -0.364. The molecule has 0 N–H and O–H groups in total. The maximum atomic E-state index is 13.3. The number of hydrogen-bond acceptors (Lipinski definition) is 4. The fourth-order valence-electron chi connectivity index (χ4n) is 1.20. The normalized spacial score (nSPS) is 12.7. The minimum absolute atomic E-state index is 0.364. The molecule has 4 nitrogen and oxygen atoms in total. The van der Waals surface area contributed by atoms with Crippen LogP contribution in [0.15, 0.2) is 23.1 Å². The van der Waals surface area contributed by atoms with Crippen molar-refractivity contribution < 1.29 is 21.2 Å². The number of halogens is 2. The van der Waals surface area contributed by atoms with Gasteiger partial charge in [-0.3, -0.25) is 0 Å². The number of hydrogen-bond donors (Lipinski definition) is 0. The molecule has 0 fully saturated rings. The first-order chi connectivity index (χ1) is 7.11. The first-order valence-electron chi connectivity index (χ1n) is 4.01. The molecule has 0 saturated carbocycles. The molecule has 0 aliphatic heterocycles. The summed E-state index contributed by atoms with van der Waals surface area (Å²) >= 11 is 0. The summed E-state index contributed by atoms with van der Waals surface area (Å²) in [7, 11) is -2.73. The van der Waals surface area contributed by atoms with E-state index in [4.69, 9.17) is 10.7 Å². The lowest BCUT2D eigenvalue weighted by atomic mass is 10.2. The van der Waals surface area contributed by atoms with Gasteiger partial charge in [-0.25, -0.2) is 21.2 Å². The molecule has 0 atom stereocenters. The Morgan fingerprint density at radius 1 is 1.25 bits per heavy atom. The molecule has 90 valence electrons. The molecular weight excluding hydrogens is 279 g/mol. The van der Waals surface area contributed by atoms with Gasteiger partial charge in [-0.15, -0.1) is 0 Å². The van der Waals surface area contributed by atoms with Crippen LogP contribution < -0.4 is 0 Å². The Labute approximate surface area is 97.4 Å². The maximum Gasteiger partial charge on any atom is 0.236 e. The molecule has 0 heterocycles. The molecule has 16 heavy (non-hydrogen) atoms. The van der Waals surface area contributed by atoms with Crippen molar-refractivity contribution in [2.45, 2.75) is 10.6 Å². The Kier molecular flexibility index (Phi) is 3.61. The Morgan fingerprint density at radius 2 is 1.81 bits per heavy atom. The molecule has 0 amide bonds. The van der Waals surface area contributed by atoms with Gasteiger partial charge in [0.05, 0.1) is 10.6 Å². The minimum Gasteiger partial charge on any atom is -0.224 e. The Bertz CT molecular complexity index is 607. The molecule has 1 aromatic carbocycles. The molecule has 1 rings (SSSR count). The van der Waals surface area contributed by atoms with Crippen molar-refractivity contribution in [3.05, 3.63) is 29.6 Å². The molecule has 0 aliphatic carbocycles. The van der Waals surface area contributed by atoms with Crippen molar-refractivity contribution in [1.29, 1.82) is 0 Å². The number of rotatable bonds is 3. The first kappa shape index (κ1) is 13.4. The predicted molar refractivity (Wildman–Crippen MR) is 58.0 cm³/mol. The molecule has 8 heteroatoms. The third-order valence-corrected chi connectivity index (χ3v) is 3.93. The van der Waals surface area contributed by atoms with Gasteiger partial charge in [0.1, 0.15) is 5.82 Å². The van der Waals surface area contributed by atoms with E-state index < -0.39 is 36.0 Å². The third kappa shape index (κ3) is 3.43. The van der Waals surface area contributed by atoms with Crippen molar-refractivity contribution in [3.63, 3.8) is 0 Å². The highest BCUT2D eigenvalue weighted by molar-refractivity contribution is 8.13. The second kappa shape index (κ2) is 4.31. The zero-order chi connectivity index (χ0) is 12.6. The Morgan fingerprint density at radius 3 is 2.25 bits per heavy atom. The third-order valence-electron chi connectivity index (χ3n) is 1.79. The highest BCUT2D eigenvalue weighted by atomic mass is 35.7. The number of benzene rings is 1.